The van der Waals surface area contributed by atoms with Gasteiger partial charge in [0.1, 0.15) is 36.8 Å². The first-order valence-corrected chi connectivity index (χ1v) is 13.7. The molecule has 2 atom stereocenters. The van der Waals surface area contributed by atoms with E-state index in [0.717, 1.165) is 5.56 Å². The topological polar surface area (TPSA) is 126 Å². The van der Waals surface area contributed by atoms with Crippen LogP contribution >= 0.6 is 11.6 Å². The van der Waals surface area contributed by atoms with Crippen LogP contribution in [0.15, 0.2) is 42.5 Å². The molecule has 1 aliphatic heterocycles. The number of hydrogen-bond acceptors (Lipinski definition) is 6. The van der Waals surface area contributed by atoms with E-state index in [1.807, 2.05) is 20.8 Å². The minimum Gasteiger partial charge on any atom is -0.492 e. The highest BCUT2D eigenvalue weighted by Gasteiger charge is 2.30. The van der Waals surface area contributed by atoms with Crippen molar-refractivity contribution in [3.63, 3.8) is 0 Å². The van der Waals surface area contributed by atoms with Gasteiger partial charge in [-0.1, -0.05) is 37.6 Å². The lowest BCUT2D eigenvalue weighted by Crippen LogP contribution is -2.53. The number of rotatable bonds is 7. The van der Waals surface area contributed by atoms with Crippen molar-refractivity contribution in [2.24, 2.45) is 5.92 Å². The Morgan fingerprint density at radius 3 is 2.65 bits per heavy atom. The van der Waals surface area contributed by atoms with Gasteiger partial charge < -0.3 is 30.3 Å². The maximum absolute atomic E-state index is 13.2. The molecule has 3 N–H and O–H groups in total. The number of nitrogens with zero attached hydrogens (tertiary/aromatic N) is 1. The van der Waals surface area contributed by atoms with E-state index in [1.165, 1.54) is 4.90 Å². The van der Waals surface area contributed by atoms with Crippen LogP contribution in [0.4, 0.5) is 0 Å². The van der Waals surface area contributed by atoms with E-state index in [1.54, 1.807) is 49.5 Å². The maximum Gasteiger partial charge on any atom is 0.255 e. The Hall–Kier alpha value is -3.79. The van der Waals surface area contributed by atoms with Gasteiger partial charge in [0, 0.05) is 12.1 Å². The van der Waals surface area contributed by atoms with Crippen LogP contribution in [-0.2, 0) is 14.4 Å². The Morgan fingerprint density at radius 2 is 1.93 bits per heavy atom. The molecule has 0 aliphatic carbocycles. The molecule has 1 heterocycles. The molecule has 0 fully saturated rings. The largest absolute Gasteiger partial charge is 0.492 e. The van der Waals surface area contributed by atoms with Crippen LogP contribution in [0.2, 0.25) is 5.02 Å². The maximum atomic E-state index is 13.2. The van der Waals surface area contributed by atoms with Crippen molar-refractivity contribution >= 4 is 35.2 Å². The van der Waals surface area contributed by atoms with Crippen LogP contribution in [0.3, 0.4) is 0 Å². The molecule has 40 heavy (non-hydrogen) atoms. The number of amides is 4. The van der Waals surface area contributed by atoms with Gasteiger partial charge >= 0.3 is 0 Å². The van der Waals surface area contributed by atoms with Crippen LogP contribution in [-0.4, -0.2) is 74.0 Å². The highest BCUT2D eigenvalue weighted by atomic mass is 35.5. The lowest BCUT2D eigenvalue weighted by molar-refractivity contribution is -0.136. The van der Waals surface area contributed by atoms with Gasteiger partial charge in [0.2, 0.25) is 17.7 Å². The number of nitrogens with one attached hydrogen (secondary N) is 3. The zero-order chi connectivity index (χ0) is 29.2. The third-order valence-corrected chi connectivity index (χ3v) is 6.77. The Labute approximate surface area is 239 Å². The van der Waals surface area contributed by atoms with E-state index in [4.69, 9.17) is 21.1 Å². The van der Waals surface area contributed by atoms with Crippen molar-refractivity contribution in [2.45, 2.75) is 45.7 Å². The quantitative estimate of drug-likeness (QED) is 0.438. The number of ether oxygens (including phenoxy) is 2. The second-order valence-electron chi connectivity index (χ2n) is 10.1. The van der Waals surface area contributed by atoms with Crippen molar-refractivity contribution in [1.82, 2.24) is 20.9 Å². The molecular formula is C29H37ClN4O6. The Balaban J connectivity index is 1.76. The Bertz CT molecular complexity index is 1220. The summed E-state index contributed by atoms with van der Waals surface area (Å²) >= 11 is 6.05. The van der Waals surface area contributed by atoms with Gasteiger partial charge in [-0.25, -0.2) is 0 Å². The summed E-state index contributed by atoms with van der Waals surface area (Å²) in [5.74, 6) is -0.854. The number of para-hydroxylation sites is 1. The predicted octanol–water partition coefficient (Wildman–Crippen LogP) is 2.71. The van der Waals surface area contributed by atoms with Crippen LogP contribution in [0.1, 0.15) is 42.6 Å². The summed E-state index contributed by atoms with van der Waals surface area (Å²) < 4.78 is 11.5. The van der Waals surface area contributed by atoms with Crippen molar-refractivity contribution in [3.05, 3.63) is 58.6 Å². The average Bonchev–Trinajstić information content (AvgIpc) is 2.91. The fraction of sp³-hybridized carbons (Fsp3) is 0.448. The average molecular weight is 573 g/mol. The predicted molar refractivity (Wildman–Crippen MR) is 152 cm³/mol. The smallest absolute Gasteiger partial charge is 0.255 e. The van der Waals surface area contributed by atoms with E-state index in [2.05, 4.69) is 16.0 Å². The van der Waals surface area contributed by atoms with Crippen LogP contribution in [0, 0.1) is 12.8 Å². The molecule has 0 spiro atoms. The number of benzene rings is 2. The first kappa shape index (κ1) is 30.7. The highest BCUT2D eigenvalue weighted by Crippen LogP contribution is 2.21. The third kappa shape index (κ3) is 8.87. The zero-order valence-electron chi connectivity index (χ0n) is 23.3. The molecule has 3 rings (SSSR count). The molecular weight excluding hydrogens is 536 g/mol. The minimum atomic E-state index is -1.20. The molecule has 0 bridgehead atoms. The summed E-state index contributed by atoms with van der Waals surface area (Å²) in [6.07, 6.45) is 0.0623. The number of aryl methyl sites for hydroxylation is 1. The molecule has 0 aromatic heterocycles. The molecule has 216 valence electrons. The zero-order valence-corrected chi connectivity index (χ0v) is 24.0. The second kappa shape index (κ2) is 14.6. The third-order valence-electron chi connectivity index (χ3n) is 6.34. The van der Waals surface area contributed by atoms with Crippen molar-refractivity contribution < 1.29 is 28.7 Å². The number of fused-ring (bicyclic) bond motifs is 1. The molecule has 0 saturated heterocycles. The molecule has 1 aliphatic rings. The number of likely N-dealkylation sites (N-methyl/N-ethyl adjacent to an activating group) is 1. The van der Waals surface area contributed by atoms with E-state index < -0.39 is 29.8 Å². The molecule has 2 aromatic carbocycles. The molecule has 2 aromatic rings. The van der Waals surface area contributed by atoms with E-state index in [0.29, 0.717) is 22.9 Å². The van der Waals surface area contributed by atoms with Crippen LogP contribution in [0.5, 0.6) is 11.5 Å². The van der Waals surface area contributed by atoms with E-state index in [9.17, 15) is 19.2 Å². The lowest BCUT2D eigenvalue weighted by Gasteiger charge is -2.27. The first-order valence-electron chi connectivity index (χ1n) is 13.3. The summed E-state index contributed by atoms with van der Waals surface area (Å²) in [5.41, 5.74) is 1.08. The number of carbonyl (C=O) groups is 4. The monoisotopic (exact) mass is 572 g/mol. The second-order valence-corrected chi connectivity index (χ2v) is 10.5. The van der Waals surface area contributed by atoms with Gasteiger partial charge in [-0.15, -0.1) is 0 Å². The number of halogens is 1. The number of hydrogen-bond donors (Lipinski definition) is 3. The molecule has 10 nitrogen and oxygen atoms in total. The van der Waals surface area contributed by atoms with E-state index >= 15 is 0 Å². The normalized spacial score (nSPS) is 18.6. The minimum absolute atomic E-state index is 0.132. The summed E-state index contributed by atoms with van der Waals surface area (Å²) in [5, 5.41) is 8.77. The molecule has 0 radical (unpaired) electrons. The van der Waals surface area contributed by atoms with Gasteiger partial charge in [-0.3, -0.25) is 19.2 Å². The van der Waals surface area contributed by atoms with Crippen molar-refractivity contribution in [3.8, 4) is 11.5 Å². The summed E-state index contributed by atoms with van der Waals surface area (Å²) in [6, 6.07) is 9.88. The lowest BCUT2D eigenvalue weighted by atomic mass is 10.0. The summed E-state index contributed by atoms with van der Waals surface area (Å²) in [4.78, 5) is 54.0. The summed E-state index contributed by atoms with van der Waals surface area (Å²) in [7, 11) is 1.64. The SMILES string of the molecule is Cc1cc(OCCNC(=O)[C@@H]2CC(=O)N[C@H](CC(C)C)C(=O)N(C)CCOc3ccccc3C(=O)N2)ccc1Cl. The molecule has 0 saturated carbocycles. The van der Waals surface area contributed by atoms with Gasteiger partial charge in [0.05, 0.1) is 25.1 Å². The van der Waals surface area contributed by atoms with Crippen molar-refractivity contribution in [1.29, 1.82) is 0 Å². The number of carbonyl (C=O) groups excluding carboxylic acids is 4. The standard InChI is InChI=1S/C29H37ClN4O6/c1-18(2)15-24-29(38)34(4)12-14-40-25-8-6-5-7-21(25)27(36)33-23(17-26(35)32-24)28(37)31-11-13-39-20-9-10-22(30)19(3)16-20/h5-10,16,18,23-24H,11-15,17H2,1-4H3,(H,31,37)(H,32,35)(H,33,36)/t23-,24+/m0/s1. The van der Waals surface area contributed by atoms with Gasteiger partial charge in [0.15, 0.2) is 0 Å². The molecule has 4 amide bonds. The fourth-order valence-corrected chi connectivity index (χ4v) is 4.32. The fourth-order valence-electron chi connectivity index (χ4n) is 4.20. The Morgan fingerprint density at radius 1 is 1.18 bits per heavy atom. The highest BCUT2D eigenvalue weighted by molar-refractivity contribution is 6.31. The van der Waals surface area contributed by atoms with Gasteiger partial charge in [0.25, 0.3) is 5.91 Å². The first-order chi connectivity index (χ1) is 19.0. The molecule has 0 unspecified atom stereocenters. The van der Waals surface area contributed by atoms with E-state index in [-0.39, 0.29) is 50.1 Å². The van der Waals surface area contributed by atoms with Gasteiger partial charge in [-0.2, -0.15) is 0 Å². The van der Waals surface area contributed by atoms with Gasteiger partial charge in [-0.05, 0) is 55.2 Å². The molecule has 11 heteroatoms. The Kier molecular flexibility index (Phi) is 11.2. The van der Waals surface area contributed by atoms with Crippen LogP contribution in [0.25, 0.3) is 0 Å². The van der Waals surface area contributed by atoms with Crippen LogP contribution < -0.4 is 25.4 Å². The summed E-state index contributed by atoms with van der Waals surface area (Å²) in [6.45, 7) is 6.47. The van der Waals surface area contributed by atoms with Crippen molar-refractivity contribution in [2.75, 3.05) is 33.4 Å².